The third-order valence-corrected chi connectivity index (χ3v) is 3.95. The quantitative estimate of drug-likeness (QED) is 0.445. The highest BCUT2D eigenvalue weighted by molar-refractivity contribution is 5.28. The van der Waals surface area contributed by atoms with Crippen molar-refractivity contribution in [1.29, 1.82) is 0 Å². The van der Waals surface area contributed by atoms with E-state index in [2.05, 4.69) is 43.4 Å². The van der Waals surface area contributed by atoms with Crippen molar-refractivity contribution in [1.82, 2.24) is 5.32 Å². The molecular weight excluding hydrogens is 270 g/mol. The first-order valence-corrected chi connectivity index (χ1v) is 9.29. The van der Waals surface area contributed by atoms with Crippen LogP contribution in [0.3, 0.4) is 0 Å². The summed E-state index contributed by atoms with van der Waals surface area (Å²) in [5.41, 5.74) is 1.32. The summed E-state index contributed by atoms with van der Waals surface area (Å²) >= 11 is 0. The molecule has 0 heterocycles. The van der Waals surface area contributed by atoms with E-state index in [1.54, 1.807) is 0 Å². The Morgan fingerprint density at radius 3 is 2.36 bits per heavy atom. The molecule has 0 aliphatic heterocycles. The number of unbranched alkanes of at least 4 members (excludes halogenated alkanes) is 7. The van der Waals surface area contributed by atoms with Crippen LogP contribution in [0.1, 0.15) is 77.2 Å². The van der Waals surface area contributed by atoms with Gasteiger partial charge in [-0.2, -0.15) is 0 Å². The molecule has 0 radical (unpaired) electrons. The SMILES string of the molecule is CCCCCCCNCc1cccc(OCCCCCC)c1. The maximum atomic E-state index is 5.84. The predicted octanol–water partition coefficient (Wildman–Crippen LogP) is 5.71. The lowest BCUT2D eigenvalue weighted by Crippen LogP contribution is -2.14. The van der Waals surface area contributed by atoms with E-state index in [-0.39, 0.29) is 0 Å². The fourth-order valence-electron chi connectivity index (χ4n) is 2.55. The highest BCUT2D eigenvalue weighted by Crippen LogP contribution is 2.14. The lowest BCUT2D eigenvalue weighted by Gasteiger charge is -2.09. The zero-order valence-electron chi connectivity index (χ0n) is 14.7. The first-order valence-electron chi connectivity index (χ1n) is 9.29. The second-order valence-corrected chi connectivity index (χ2v) is 6.15. The number of nitrogens with one attached hydrogen (secondary N) is 1. The Labute approximate surface area is 137 Å². The Morgan fingerprint density at radius 2 is 1.59 bits per heavy atom. The van der Waals surface area contributed by atoms with Gasteiger partial charge in [0, 0.05) is 6.54 Å². The van der Waals surface area contributed by atoms with E-state index in [4.69, 9.17) is 4.74 Å². The van der Waals surface area contributed by atoms with Crippen molar-refractivity contribution in [2.24, 2.45) is 0 Å². The molecule has 0 atom stereocenters. The fourth-order valence-corrected chi connectivity index (χ4v) is 2.55. The van der Waals surface area contributed by atoms with E-state index < -0.39 is 0 Å². The summed E-state index contributed by atoms with van der Waals surface area (Å²) in [6.45, 7) is 7.40. The van der Waals surface area contributed by atoms with Crippen LogP contribution in [0.15, 0.2) is 24.3 Å². The van der Waals surface area contributed by atoms with Crippen LogP contribution in [0.5, 0.6) is 5.75 Å². The van der Waals surface area contributed by atoms with Gasteiger partial charge in [-0.05, 0) is 37.1 Å². The molecule has 0 spiro atoms. The van der Waals surface area contributed by atoms with E-state index in [1.165, 1.54) is 56.9 Å². The monoisotopic (exact) mass is 305 g/mol. The molecule has 0 saturated heterocycles. The topological polar surface area (TPSA) is 21.3 Å². The van der Waals surface area contributed by atoms with Crippen molar-refractivity contribution in [3.63, 3.8) is 0 Å². The molecular formula is C20H35NO. The summed E-state index contributed by atoms with van der Waals surface area (Å²) < 4.78 is 5.84. The zero-order valence-corrected chi connectivity index (χ0v) is 14.7. The molecule has 0 unspecified atom stereocenters. The molecule has 0 aromatic heterocycles. The smallest absolute Gasteiger partial charge is 0.119 e. The molecule has 0 aliphatic rings. The van der Waals surface area contributed by atoms with Crippen LogP contribution in [0.25, 0.3) is 0 Å². The minimum absolute atomic E-state index is 0.842. The second-order valence-electron chi connectivity index (χ2n) is 6.15. The van der Waals surface area contributed by atoms with Gasteiger partial charge in [-0.1, -0.05) is 70.9 Å². The lowest BCUT2D eigenvalue weighted by atomic mass is 10.1. The van der Waals surface area contributed by atoms with Crippen molar-refractivity contribution in [2.75, 3.05) is 13.2 Å². The van der Waals surface area contributed by atoms with Crippen molar-refractivity contribution < 1.29 is 4.74 Å². The standard InChI is InChI=1S/C20H35NO/c1-3-5-7-9-10-15-21-18-19-13-12-14-20(17-19)22-16-11-8-6-4-2/h12-14,17,21H,3-11,15-16,18H2,1-2H3. The highest BCUT2D eigenvalue weighted by Gasteiger charge is 1.98. The van der Waals surface area contributed by atoms with Gasteiger partial charge in [-0.25, -0.2) is 0 Å². The molecule has 1 aromatic carbocycles. The highest BCUT2D eigenvalue weighted by atomic mass is 16.5. The fraction of sp³-hybridized carbons (Fsp3) is 0.700. The third kappa shape index (κ3) is 9.83. The van der Waals surface area contributed by atoms with E-state index in [1.807, 2.05) is 0 Å². The molecule has 0 bridgehead atoms. The van der Waals surface area contributed by atoms with Gasteiger partial charge in [0.25, 0.3) is 0 Å². The molecule has 2 heteroatoms. The van der Waals surface area contributed by atoms with Crippen LogP contribution < -0.4 is 10.1 Å². The Hall–Kier alpha value is -1.02. The van der Waals surface area contributed by atoms with Crippen LogP contribution in [0.2, 0.25) is 0 Å². The van der Waals surface area contributed by atoms with Crippen molar-refractivity contribution in [2.45, 2.75) is 78.2 Å². The van der Waals surface area contributed by atoms with Crippen molar-refractivity contribution in [3.05, 3.63) is 29.8 Å². The molecule has 126 valence electrons. The Kier molecular flexibility index (Phi) is 11.8. The minimum Gasteiger partial charge on any atom is -0.494 e. The Morgan fingerprint density at radius 1 is 0.864 bits per heavy atom. The van der Waals surface area contributed by atoms with E-state index in [0.29, 0.717) is 0 Å². The largest absolute Gasteiger partial charge is 0.494 e. The third-order valence-electron chi connectivity index (χ3n) is 3.95. The Balaban J connectivity index is 2.12. The predicted molar refractivity (Wildman–Crippen MR) is 96.5 cm³/mol. The molecule has 0 fully saturated rings. The van der Waals surface area contributed by atoms with Crippen LogP contribution >= 0.6 is 0 Å². The van der Waals surface area contributed by atoms with Crippen LogP contribution in [-0.4, -0.2) is 13.2 Å². The van der Waals surface area contributed by atoms with E-state index in [9.17, 15) is 0 Å². The molecule has 1 aromatic rings. The summed E-state index contributed by atoms with van der Waals surface area (Å²) in [6.07, 6.45) is 11.7. The average Bonchev–Trinajstić information content (AvgIpc) is 2.54. The molecule has 0 saturated carbocycles. The molecule has 2 nitrogen and oxygen atoms in total. The van der Waals surface area contributed by atoms with Gasteiger partial charge in [0.15, 0.2) is 0 Å². The van der Waals surface area contributed by atoms with Gasteiger partial charge in [-0.15, -0.1) is 0 Å². The summed E-state index contributed by atoms with van der Waals surface area (Å²) in [5, 5.41) is 3.53. The van der Waals surface area contributed by atoms with Gasteiger partial charge in [-0.3, -0.25) is 0 Å². The molecule has 0 aliphatic carbocycles. The van der Waals surface area contributed by atoms with Crippen molar-refractivity contribution in [3.8, 4) is 5.75 Å². The molecule has 22 heavy (non-hydrogen) atoms. The average molecular weight is 306 g/mol. The zero-order chi connectivity index (χ0) is 15.9. The van der Waals surface area contributed by atoms with Crippen molar-refractivity contribution >= 4 is 0 Å². The molecule has 0 amide bonds. The number of hydrogen-bond acceptors (Lipinski definition) is 2. The van der Waals surface area contributed by atoms with Gasteiger partial charge in [0.05, 0.1) is 6.61 Å². The number of rotatable bonds is 14. The summed E-state index contributed by atoms with van der Waals surface area (Å²) in [5.74, 6) is 1.01. The summed E-state index contributed by atoms with van der Waals surface area (Å²) in [4.78, 5) is 0. The first-order chi connectivity index (χ1) is 10.9. The Bertz CT molecular complexity index is 364. The first kappa shape index (κ1) is 19.0. The number of benzene rings is 1. The van der Waals surface area contributed by atoms with Gasteiger partial charge in [0.2, 0.25) is 0 Å². The number of ether oxygens (including phenoxy) is 1. The summed E-state index contributed by atoms with van der Waals surface area (Å²) in [6, 6.07) is 8.51. The molecule has 1 rings (SSSR count). The second kappa shape index (κ2) is 13.6. The summed E-state index contributed by atoms with van der Waals surface area (Å²) in [7, 11) is 0. The van der Waals surface area contributed by atoms with Crippen LogP contribution in [0.4, 0.5) is 0 Å². The maximum absolute atomic E-state index is 5.84. The van der Waals surface area contributed by atoms with Gasteiger partial charge < -0.3 is 10.1 Å². The maximum Gasteiger partial charge on any atom is 0.119 e. The molecule has 1 N–H and O–H groups in total. The van der Waals surface area contributed by atoms with E-state index >= 15 is 0 Å². The van der Waals surface area contributed by atoms with Crippen LogP contribution in [-0.2, 0) is 6.54 Å². The minimum atomic E-state index is 0.842. The van der Waals surface area contributed by atoms with Crippen LogP contribution in [0, 0.1) is 0 Å². The van der Waals surface area contributed by atoms with Gasteiger partial charge >= 0.3 is 0 Å². The number of hydrogen-bond donors (Lipinski definition) is 1. The van der Waals surface area contributed by atoms with Gasteiger partial charge in [0.1, 0.15) is 5.75 Å². The van der Waals surface area contributed by atoms with E-state index in [0.717, 1.165) is 31.9 Å². The lowest BCUT2D eigenvalue weighted by molar-refractivity contribution is 0.304. The normalized spacial score (nSPS) is 10.8.